The summed E-state index contributed by atoms with van der Waals surface area (Å²) < 4.78 is 14.8. The van der Waals surface area contributed by atoms with Crippen LogP contribution in [0.1, 0.15) is 21.6 Å². The van der Waals surface area contributed by atoms with Crippen LogP contribution in [-0.2, 0) is 6.54 Å². The fourth-order valence-electron chi connectivity index (χ4n) is 1.86. The Morgan fingerprint density at radius 3 is 2.83 bits per heavy atom. The Balaban J connectivity index is 2.41. The Labute approximate surface area is 108 Å². The molecule has 0 atom stereocenters. The quantitative estimate of drug-likeness (QED) is 0.927. The van der Waals surface area contributed by atoms with E-state index in [-0.39, 0.29) is 17.3 Å². The van der Waals surface area contributed by atoms with E-state index < -0.39 is 11.8 Å². The van der Waals surface area contributed by atoms with Crippen LogP contribution >= 0.6 is 11.6 Å². The van der Waals surface area contributed by atoms with Gasteiger partial charge in [0.1, 0.15) is 11.5 Å². The number of carbonyl (C=O) groups is 1. The number of nitrogens with zero attached hydrogens (tertiary/aromatic N) is 1. The number of aromatic carboxylic acids is 1. The van der Waals surface area contributed by atoms with Crippen molar-refractivity contribution in [2.45, 2.75) is 13.5 Å². The molecule has 94 valence electrons. The lowest BCUT2D eigenvalue weighted by atomic mass is 10.2. The van der Waals surface area contributed by atoms with E-state index in [1.54, 1.807) is 35.9 Å². The number of aromatic nitrogens is 1. The number of rotatable bonds is 3. The van der Waals surface area contributed by atoms with Crippen LogP contribution < -0.4 is 0 Å². The topological polar surface area (TPSA) is 42.2 Å². The second-order valence-corrected chi connectivity index (χ2v) is 4.37. The minimum absolute atomic E-state index is 0.0280. The van der Waals surface area contributed by atoms with E-state index in [9.17, 15) is 9.18 Å². The number of carboxylic acids is 1. The lowest BCUT2D eigenvalue weighted by molar-refractivity contribution is 0.0685. The average molecular weight is 268 g/mol. The van der Waals surface area contributed by atoms with E-state index in [0.717, 1.165) is 0 Å². The van der Waals surface area contributed by atoms with E-state index >= 15 is 0 Å². The van der Waals surface area contributed by atoms with Gasteiger partial charge in [0.2, 0.25) is 0 Å². The van der Waals surface area contributed by atoms with Gasteiger partial charge in [-0.1, -0.05) is 23.7 Å². The molecule has 5 heteroatoms. The normalized spacial score (nSPS) is 10.6. The maximum Gasteiger partial charge on any atom is 0.352 e. The molecule has 1 heterocycles. The Morgan fingerprint density at radius 2 is 2.17 bits per heavy atom. The molecule has 0 radical (unpaired) electrons. The molecule has 2 rings (SSSR count). The molecular formula is C13H11ClFNO2. The lowest BCUT2D eigenvalue weighted by Crippen LogP contribution is -2.10. The predicted molar refractivity (Wildman–Crippen MR) is 66.6 cm³/mol. The van der Waals surface area contributed by atoms with E-state index in [4.69, 9.17) is 16.7 Å². The summed E-state index contributed by atoms with van der Waals surface area (Å²) in [7, 11) is 0. The number of halogens is 2. The molecule has 0 saturated carbocycles. The maximum absolute atomic E-state index is 13.3. The highest BCUT2D eigenvalue weighted by Gasteiger charge is 2.15. The van der Waals surface area contributed by atoms with Gasteiger partial charge in [-0.15, -0.1) is 0 Å². The summed E-state index contributed by atoms with van der Waals surface area (Å²) in [5.74, 6) is -1.51. The van der Waals surface area contributed by atoms with Crippen molar-refractivity contribution in [2.24, 2.45) is 0 Å². The first-order valence-electron chi connectivity index (χ1n) is 5.32. The fourth-order valence-corrected chi connectivity index (χ4v) is 2.04. The van der Waals surface area contributed by atoms with Crippen molar-refractivity contribution in [2.75, 3.05) is 0 Å². The summed E-state index contributed by atoms with van der Waals surface area (Å²) in [5.41, 5.74) is 1.40. The van der Waals surface area contributed by atoms with E-state index in [1.807, 2.05) is 0 Å². The molecule has 0 spiro atoms. The second-order valence-electron chi connectivity index (χ2n) is 3.99. The van der Waals surface area contributed by atoms with Crippen LogP contribution in [0.3, 0.4) is 0 Å². The van der Waals surface area contributed by atoms with Gasteiger partial charge in [0.15, 0.2) is 0 Å². The molecule has 0 bridgehead atoms. The monoisotopic (exact) mass is 267 g/mol. The summed E-state index contributed by atoms with van der Waals surface area (Å²) in [5, 5.41) is 9.14. The van der Waals surface area contributed by atoms with Gasteiger partial charge in [0.05, 0.1) is 5.02 Å². The van der Waals surface area contributed by atoms with Crippen molar-refractivity contribution < 1.29 is 14.3 Å². The first kappa shape index (κ1) is 12.6. The average Bonchev–Trinajstić information content (AvgIpc) is 2.66. The van der Waals surface area contributed by atoms with Crippen molar-refractivity contribution in [1.29, 1.82) is 0 Å². The fraction of sp³-hybridized carbons (Fsp3) is 0.154. The van der Waals surface area contributed by atoms with Crippen molar-refractivity contribution in [3.63, 3.8) is 0 Å². The van der Waals surface area contributed by atoms with Gasteiger partial charge in [0.25, 0.3) is 0 Å². The molecule has 0 fully saturated rings. The minimum atomic E-state index is -1.01. The van der Waals surface area contributed by atoms with Crippen LogP contribution in [0.2, 0.25) is 5.02 Å². The highest BCUT2D eigenvalue weighted by atomic mass is 35.5. The minimum Gasteiger partial charge on any atom is -0.477 e. The van der Waals surface area contributed by atoms with Crippen molar-refractivity contribution in [1.82, 2.24) is 4.57 Å². The van der Waals surface area contributed by atoms with E-state index in [1.165, 1.54) is 6.07 Å². The summed E-state index contributed by atoms with van der Waals surface area (Å²) in [6.07, 6.45) is 1.65. The molecule has 0 unspecified atom stereocenters. The van der Waals surface area contributed by atoms with Crippen LogP contribution in [0.4, 0.5) is 4.39 Å². The zero-order chi connectivity index (χ0) is 13.3. The molecular weight excluding hydrogens is 257 g/mol. The zero-order valence-corrected chi connectivity index (χ0v) is 10.4. The first-order chi connectivity index (χ1) is 8.50. The molecule has 0 aliphatic rings. The number of hydrogen-bond acceptors (Lipinski definition) is 1. The van der Waals surface area contributed by atoms with Crippen molar-refractivity contribution >= 4 is 17.6 Å². The molecule has 0 aliphatic carbocycles. The molecule has 1 aromatic heterocycles. The Hall–Kier alpha value is -1.81. The maximum atomic E-state index is 13.3. The number of hydrogen-bond donors (Lipinski definition) is 1. The lowest BCUT2D eigenvalue weighted by Gasteiger charge is -2.09. The van der Waals surface area contributed by atoms with Crippen LogP contribution in [0.25, 0.3) is 0 Å². The van der Waals surface area contributed by atoms with Crippen molar-refractivity contribution in [3.05, 3.63) is 58.1 Å². The Bertz CT molecular complexity index is 607. The van der Waals surface area contributed by atoms with Gasteiger partial charge in [-0.25, -0.2) is 9.18 Å². The summed E-state index contributed by atoms with van der Waals surface area (Å²) in [6.45, 7) is 1.94. The molecule has 1 N–H and O–H groups in total. The Morgan fingerprint density at radius 1 is 1.44 bits per heavy atom. The summed E-state index contributed by atoms with van der Waals surface area (Å²) in [6, 6.07) is 6.20. The Kier molecular flexibility index (Phi) is 3.39. The smallest absolute Gasteiger partial charge is 0.352 e. The highest BCUT2D eigenvalue weighted by Crippen LogP contribution is 2.22. The van der Waals surface area contributed by atoms with Crippen LogP contribution in [0, 0.1) is 12.7 Å². The number of carboxylic acid groups (broad SMARTS) is 1. The van der Waals surface area contributed by atoms with Gasteiger partial charge < -0.3 is 9.67 Å². The molecule has 3 nitrogen and oxygen atoms in total. The molecule has 0 amide bonds. The standard InChI is InChI=1S/C13H11ClFNO2/c1-8-5-6-16(12(8)13(17)18)7-9-3-2-4-10(15)11(9)14/h2-6H,7H2,1H3,(H,17,18). The van der Waals surface area contributed by atoms with Gasteiger partial charge >= 0.3 is 5.97 Å². The summed E-state index contributed by atoms with van der Waals surface area (Å²) >= 11 is 5.85. The summed E-state index contributed by atoms with van der Waals surface area (Å²) in [4.78, 5) is 11.1. The molecule has 0 saturated heterocycles. The van der Waals surface area contributed by atoms with Gasteiger partial charge in [0, 0.05) is 12.7 Å². The second kappa shape index (κ2) is 4.82. The van der Waals surface area contributed by atoms with Gasteiger partial charge in [-0.3, -0.25) is 0 Å². The zero-order valence-electron chi connectivity index (χ0n) is 9.65. The van der Waals surface area contributed by atoms with E-state index in [2.05, 4.69) is 0 Å². The molecule has 2 aromatic rings. The number of aryl methyl sites for hydroxylation is 1. The van der Waals surface area contributed by atoms with Gasteiger partial charge in [-0.05, 0) is 30.2 Å². The largest absolute Gasteiger partial charge is 0.477 e. The predicted octanol–water partition coefficient (Wildman–Crippen LogP) is 3.34. The van der Waals surface area contributed by atoms with Crippen LogP contribution in [0.5, 0.6) is 0 Å². The third kappa shape index (κ3) is 2.24. The van der Waals surface area contributed by atoms with Crippen molar-refractivity contribution in [3.8, 4) is 0 Å². The molecule has 18 heavy (non-hydrogen) atoms. The number of benzene rings is 1. The third-order valence-corrected chi connectivity index (χ3v) is 3.16. The molecule has 1 aromatic carbocycles. The van der Waals surface area contributed by atoms with Crippen LogP contribution in [0.15, 0.2) is 30.5 Å². The van der Waals surface area contributed by atoms with Crippen LogP contribution in [-0.4, -0.2) is 15.6 Å². The molecule has 0 aliphatic heterocycles. The SMILES string of the molecule is Cc1ccn(Cc2cccc(F)c2Cl)c1C(=O)O. The van der Waals surface area contributed by atoms with Gasteiger partial charge in [-0.2, -0.15) is 0 Å². The van der Waals surface area contributed by atoms with E-state index in [0.29, 0.717) is 11.1 Å². The first-order valence-corrected chi connectivity index (χ1v) is 5.70. The third-order valence-electron chi connectivity index (χ3n) is 2.74. The highest BCUT2D eigenvalue weighted by molar-refractivity contribution is 6.31.